The van der Waals surface area contributed by atoms with Crippen molar-refractivity contribution in [2.24, 2.45) is 0 Å². The van der Waals surface area contributed by atoms with Crippen molar-refractivity contribution in [3.05, 3.63) is 59.7 Å². The minimum absolute atomic E-state index is 0.460. The van der Waals surface area contributed by atoms with Crippen LogP contribution < -0.4 is 9.80 Å². The Hall–Kier alpha value is -1.96. The van der Waals surface area contributed by atoms with E-state index in [-0.39, 0.29) is 0 Å². The number of likely N-dealkylation sites (N-methyl/N-ethyl adjacent to an activating group) is 2. The van der Waals surface area contributed by atoms with Gasteiger partial charge in [0.1, 0.15) is 0 Å². The minimum atomic E-state index is 0.460. The number of hydrogen-bond donors (Lipinski definition) is 0. The standard InChI is InChI=1S/C21H30N2/c1-6-22(20-12-8-10-17(3)14-20)16-19(5)23(7-2)21-13-9-11-18(4)15-21/h8-15,19H,6-7,16H2,1-5H3. The smallest absolute Gasteiger partial charge is 0.0436 e. The highest BCUT2D eigenvalue weighted by Crippen LogP contribution is 2.21. The largest absolute Gasteiger partial charge is 0.370 e. The molecule has 0 heterocycles. The van der Waals surface area contributed by atoms with Gasteiger partial charge in [0.05, 0.1) is 0 Å². The highest BCUT2D eigenvalue weighted by Gasteiger charge is 2.16. The molecule has 0 N–H and O–H groups in total. The summed E-state index contributed by atoms with van der Waals surface area (Å²) in [6.07, 6.45) is 0. The zero-order valence-corrected chi connectivity index (χ0v) is 15.2. The fourth-order valence-electron chi connectivity index (χ4n) is 3.21. The van der Waals surface area contributed by atoms with E-state index in [4.69, 9.17) is 0 Å². The Bertz CT molecular complexity index is 621. The molecule has 23 heavy (non-hydrogen) atoms. The Morgan fingerprint density at radius 1 is 0.826 bits per heavy atom. The second-order valence-electron chi connectivity index (χ2n) is 6.35. The molecule has 2 aromatic rings. The highest BCUT2D eigenvalue weighted by atomic mass is 15.2. The molecule has 1 unspecified atom stereocenters. The Kier molecular flexibility index (Phi) is 6.09. The highest BCUT2D eigenvalue weighted by molar-refractivity contribution is 5.51. The molecule has 2 rings (SSSR count). The quantitative estimate of drug-likeness (QED) is 0.706. The Labute approximate surface area is 141 Å². The lowest BCUT2D eigenvalue weighted by Crippen LogP contribution is -2.42. The summed E-state index contributed by atoms with van der Waals surface area (Å²) in [4.78, 5) is 4.96. The predicted octanol–water partition coefficient (Wildman–Crippen LogP) is 5.04. The first-order valence-electron chi connectivity index (χ1n) is 8.70. The monoisotopic (exact) mass is 310 g/mol. The molecule has 0 fully saturated rings. The Morgan fingerprint density at radius 2 is 1.39 bits per heavy atom. The van der Waals surface area contributed by atoms with Crippen LogP contribution in [0.1, 0.15) is 31.9 Å². The number of anilines is 2. The molecular weight excluding hydrogens is 280 g/mol. The second kappa shape index (κ2) is 8.05. The number of benzene rings is 2. The summed E-state index contributed by atoms with van der Waals surface area (Å²) in [5, 5.41) is 0. The maximum absolute atomic E-state index is 2.49. The number of nitrogens with zero attached hydrogens (tertiary/aromatic N) is 2. The number of aryl methyl sites for hydroxylation is 2. The van der Waals surface area contributed by atoms with Crippen molar-refractivity contribution in [2.45, 2.75) is 40.7 Å². The van der Waals surface area contributed by atoms with Crippen LogP contribution >= 0.6 is 0 Å². The van der Waals surface area contributed by atoms with Gasteiger partial charge in [0.15, 0.2) is 0 Å². The molecule has 2 heteroatoms. The van der Waals surface area contributed by atoms with Crippen molar-refractivity contribution in [2.75, 3.05) is 29.4 Å². The van der Waals surface area contributed by atoms with E-state index in [2.05, 4.69) is 92.9 Å². The van der Waals surface area contributed by atoms with Crippen molar-refractivity contribution in [3.8, 4) is 0 Å². The van der Waals surface area contributed by atoms with Crippen LogP contribution in [0.5, 0.6) is 0 Å². The van der Waals surface area contributed by atoms with Crippen LogP contribution in [0.25, 0.3) is 0 Å². The molecule has 124 valence electrons. The van der Waals surface area contributed by atoms with E-state index >= 15 is 0 Å². The van der Waals surface area contributed by atoms with Gasteiger partial charge in [0.2, 0.25) is 0 Å². The molecule has 0 bridgehead atoms. The van der Waals surface area contributed by atoms with Crippen molar-refractivity contribution in [1.29, 1.82) is 0 Å². The second-order valence-corrected chi connectivity index (χ2v) is 6.35. The molecule has 0 saturated heterocycles. The third-order valence-electron chi connectivity index (χ3n) is 4.44. The summed E-state index contributed by atoms with van der Waals surface area (Å²) in [5.41, 5.74) is 5.28. The molecule has 0 aromatic heterocycles. The van der Waals surface area contributed by atoms with Crippen molar-refractivity contribution >= 4 is 11.4 Å². The summed E-state index contributed by atoms with van der Waals surface area (Å²) in [5.74, 6) is 0. The van der Waals surface area contributed by atoms with E-state index in [1.54, 1.807) is 0 Å². The van der Waals surface area contributed by atoms with Gasteiger partial charge in [-0.3, -0.25) is 0 Å². The van der Waals surface area contributed by atoms with Crippen LogP contribution in [0, 0.1) is 13.8 Å². The SMILES string of the molecule is CCN(CC(C)N(CC)c1cccc(C)c1)c1cccc(C)c1. The molecule has 0 aliphatic carbocycles. The van der Waals surface area contributed by atoms with Crippen LogP contribution in [0.3, 0.4) is 0 Å². The zero-order chi connectivity index (χ0) is 16.8. The van der Waals surface area contributed by atoms with Crippen LogP contribution in [0.4, 0.5) is 11.4 Å². The molecule has 2 nitrogen and oxygen atoms in total. The minimum Gasteiger partial charge on any atom is -0.370 e. The Morgan fingerprint density at radius 3 is 1.91 bits per heavy atom. The molecule has 2 aromatic carbocycles. The first-order chi connectivity index (χ1) is 11.0. The van der Waals surface area contributed by atoms with E-state index in [9.17, 15) is 0 Å². The number of hydrogen-bond acceptors (Lipinski definition) is 2. The average Bonchev–Trinajstić information content (AvgIpc) is 2.53. The predicted molar refractivity (Wildman–Crippen MR) is 103 cm³/mol. The molecule has 0 radical (unpaired) electrons. The molecule has 0 aliphatic heterocycles. The van der Waals surface area contributed by atoms with Gasteiger partial charge in [0, 0.05) is 37.1 Å². The van der Waals surface area contributed by atoms with Gasteiger partial charge in [0.25, 0.3) is 0 Å². The third kappa shape index (κ3) is 4.51. The maximum Gasteiger partial charge on any atom is 0.0436 e. The van der Waals surface area contributed by atoms with Gasteiger partial charge < -0.3 is 9.80 Å². The first-order valence-corrected chi connectivity index (χ1v) is 8.70. The summed E-state index contributed by atoms with van der Waals surface area (Å²) in [6, 6.07) is 18.1. The summed E-state index contributed by atoms with van der Waals surface area (Å²) in [7, 11) is 0. The lowest BCUT2D eigenvalue weighted by molar-refractivity contribution is 0.624. The van der Waals surface area contributed by atoms with Gasteiger partial charge >= 0.3 is 0 Å². The topological polar surface area (TPSA) is 6.48 Å². The van der Waals surface area contributed by atoms with Gasteiger partial charge in [-0.25, -0.2) is 0 Å². The summed E-state index contributed by atoms with van der Waals surface area (Å²) >= 11 is 0. The third-order valence-corrected chi connectivity index (χ3v) is 4.44. The zero-order valence-electron chi connectivity index (χ0n) is 15.2. The normalized spacial score (nSPS) is 12.0. The maximum atomic E-state index is 2.49. The lowest BCUT2D eigenvalue weighted by atomic mass is 10.1. The molecule has 0 aliphatic rings. The lowest BCUT2D eigenvalue weighted by Gasteiger charge is -2.35. The van der Waals surface area contributed by atoms with E-state index in [0.717, 1.165) is 19.6 Å². The first kappa shape index (κ1) is 17.4. The van der Waals surface area contributed by atoms with Gasteiger partial charge in [-0.2, -0.15) is 0 Å². The van der Waals surface area contributed by atoms with E-state index in [1.807, 2.05) is 0 Å². The molecule has 1 atom stereocenters. The van der Waals surface area contributed by atoms with Crippen molar-refractivity contribution in [3.63, 3.8) is 0 Å². The van der Waals surface area contributed by atoms with Gasteiger partial charge in [-0.05, 0) is 70.0 Å². The molecular formula is C21H30N2. The molecule has 0 spiro atoms. The fraction of sp³-hybridized carbons (Fsp3) is 0.429. The van der Waals surface area contributed by atoms with E-state index in [0.29, 0.717) is 6.04 Å². The van der Waals surface area contributed by atoms with Crippen LogP contribution in [0.2, 0.25) is 0 Å². The van der Waals surface area contributed by atoms with E-state index < -0.39 is 0 Å². The fourth-order valence-corrected chi connectivity index (χ4v) is 3.21. The van der Waals surface area contributed by atoms with Crippen molar-refractivity contribution in [1.82, 2.24) is 0 Å². The number of rotatable bonds is 7. The summed E-state index contributed by atoms with van der Waals surface area (Å²) < 4.78 is 0. The van der Waals surface area contributed by atoms with Crippen LogP contribution in [-0.2, 0) is 0 Å². The molecule has 0 amide bonds. The summed E-state index contributed by atoms with van der Waals surface area (Å²) in [6.45, 7) is 14.2. The van der Waals surface area contributed by atoms with Gasteiger partial charge in [-0.15, -0.1) is 0 Å². The average molecular weight is 310 g/mol. The Balaban J connectivity index is 2.15. The van der Waals surface area contributed by atoms with Gasteiger partial charge in [-0.1, -0.05) is 24.3 Å². The van der Waals surface area contributed by atoms with Crippen LogP contribution in [0.15, 0.2) is 48.5 Å². The van der Waals surface area contributed by atoms with Crippen molar-refractivity contribution < 1.29 is 0 Å². The van der Waals surface area contributed by atoms with E-state index in [1.165, 1.54) is 22.5 Å². The molecule has 0 saturated carbocycles. The van der Waals surface area contributed by atoms with Crippen LogP contribution in [-0.4, -0.2) is 25.7 Å².